The zero-order chi connectivity index (χ0) is 32.2. The summed E-state index contributed by atoms with van der Waals surface area (Å²) in [7, 11) is -5.88. The summed E-state index contributed by atoms with van der Waals surface area (Å²) >= 11 is 0. The largest absolute Gasteiger partial charge is 0.469 e. The Morgan fingerprint density at radius 2 is 1.84 bits per heavy atom. The van der Waals surface area contributed by atoms with E-state index in [0.29, 0.717) is 26.2 Å². The van der Waals surface area contributed by atoms with Crippen LogP contribution < -0.4 is 20.9 Å². The average Bonchev–Trinajstić information content (AvgIpc) is 3.92. The highest BCUT2D eigenvalue weighted by molar-refractivity contribution is 7.54. The molecule has 0 aliphatic carbocycles. The molecule has 1 unspecified atom stereocenters. The van der Waals surface area contributed by atoms with Gasteiger partial charge in [-0.2, -0.15) is 0 Å². The minimum absolute atomic E-state index is 0.00170. The Morgan fingerprint density at radius 3 is 2.49 bits per heavy atom. The minimum Gasteiger partial charge on any atom is -0.469 e. The van der Waals surface area contributed by atoms with Gasteiger partial charge >= 0.3 is 27.1 Å². The molecule has 246 valence electrons. The lowest BCUT2D eigenvalue weighted by Gasteiger charge is -2.25. The molecule has 0 amide bonds. The van der Waals surface area contributed by atoms with Crippen LogP contribution in [0.2, 0.25) is 0 Å². The van der Waals surface area contributed by atoms with Crippen LogP contribution in [0.15, 0.2) is 52.2 Å². The van der Waals surface area contributed by atoms with E-state index in [1.165, 1.54) is 19.4 Å². The average molecular weight is 670 g/mol. The van der Waals surface area contributed by atoms with Crippen molar-refractivity contribution in [1.29, 1.82) is 0 Å². The Morgan fingerprint density at radius 1 is 1.16 bits per heavy atom. The lowest BCUT2D eigenvalue weighted by atomic mass is 10.2. The van der Waals surface area contributed by atoms with E-state index in [2.05, 4.69) is 14.8 Å². The maximum Gasteiger partial charge on any atom is 0.459 e. The predicted molar refractivity (Wildman–Crippen MR) is 161 cm³/mol. The molecule has 5 rings (SSSR count). The minimum atomic E-state index is -4.10. The third-order valence-corrected chi connectivity index (χ3v) is 11.6. The van der Waals surface area contributed by atoms with Crippen molar-refractivity contribution in [2.45, 2.75) is 44.2 Å². The fraction of sp³-hybridized carbons (Fsp3) is 0.519. The Hall–Kier alpha value is -2.91. The standard InChI is InChI=1S/C27H37N5O11P2/c1-19(15-25(34)39-2)29-44(37,43-21-8-4-3-5-9-21)41-18-23-22(33)16-24(42-23)32-17-20(26(35)28-27(32)36)7-6-14-40-45(38,30-10-11-30)31-12-13-31/h3-9,17,19,22-24,33H,10-16,18H2,1-2H3,(H,29,37)(H,28,35,36)/b7-6+/t19-,22-,23+,24+,44?/m0/s1. The summed E-state index contributed by atoms with van der Waals surface area (Å²) < 4.78 is 59.0. The quantitative estimate of drug-likeness (QED) is 0.133. The van der Waals surface area contributed by atoms with E-state index < -0.39 is 63.7 Å². The second-order valence-corrected chi connectivity index (χ2v) is 14.9. The van der Waals surface area contributed by atoms with Crippen LogP contribution >= 0.6 is 15.4 Å². The molecule has 3 aliphatic rings. The molecule has 45 heavy (non-hydrogen) atoms. The molecule has 0 bridgehead atoms. The van der Waals surface area contributed by atoms with Gasteiger partial charge in [0.1, 0.15) is 18.1 Å². The van der Waals surface area contributed by atoms with Gasteiger partial charge in [0.15, 0.2) is 0 Å². The highest BCUT2D eigenvalue weighted by Crippen LogP contribution is 2.60. The SMILES string of the molecule is COC(=O)C[C@H](C)NP(=O)(OC[C@H]1O[C@@H](n2cc(/C=C/COP(=O)(N3CC3)N3CC3)c(=O)[nH]c2=O)C[C@@H]1O)Oc1ccccc1. The van der Waals surface area contributed by atoms with E-state index in [1.807, 2.05) is 0 Å². The van der Waals surface area contributed by atoms with E-state index in [1.54, 1.807) is 52.7 Å². The first-order chi connectivity index (χ1) is 21.5. The molecule has 4 heterocycles. The molecular weight excluding hydrogens is 632 g/mol. The van der Waals surface area contributed by atoms with Gasteiger partial charge in [-0.1, -0.05) is 24.3 Å². The molecule has 3 aliphatic heterocycles. The first kappa shape index (κ1) is 33.5. The van der Waals surface area contributed by atoms with Crippen LogP contribution in [0, 0.1) is 0 Å². The number of methoxy groups -OCH3 is 1. The fourth-order valence-electron chi connectivity index (χ4n) is 4.65. The van der Waals surface area contributed by atoms with Crippen LogP contribution in [0.5, 0.6) is 5.75 Å². The molecule has 3 fully saturated rings. The van der Waals surface area contributed by atoms with E-state index in [0.717, 1.165) is 4.57 Å². The highest BCUT2D eigenvalue weighted by Gasteiger charge is 2.49. The number of H-pyrrole nitrogens is 1. The number of hydrogen-bond acceptors (Lipinski definition) is 11. The number of benzene rings is 1. The Labute approximate surface area is 259 Å². The maximum atomic E-state index is 13.7. The smallest absolute Gasteiger partial charge is 0.459 e. The number of nitrogens with one attached hydrogen (secondary N) is 2. The molecule has 2 aromatic rings. The number of rotatable bonds is 16. The van der Waals surface area contributed by atoms with Crippen molar-refractivity contribution in [3.63, 3.8) is 0 Å². The van der Waals surface area contributed by atoms with Crippen molar-refractivity contribution in [2.75, 3.05) is 46.5 Å². The predicted octanol–water partition coefficient (Wildman–Crippen LogP) is 1.70. The topological polar surface area (TPSA) is 190 Å². The summed E-state index contributed by atoms with van der Waals surface area (Å²) in [6.07, 6.45) is 1.03. The number of hydrogen-bond donors (Lipinski definition) is 3. The molecule has 16 nitrogen and oxygen atoms in total. The fourth-order valence-corrected chi connectivity index (χ4v) is 8.36. The monoisotopic (exact) mass is 669 g/mol. The number of carbonyl (C=O) groups is 1. The molecule has 1 aromatic heterocycles. The zero-order valence-corrected chi connectivity index (χ0v) is 26.6. The number of aliphatic hydroxyl groups excluding tert-OH is 1. The van der Waals surface area contributed by atoms with Crippen LogP contribution in [0.1, 0.15) is 31.6 Å². The van der Waals surface area contributed by atoms with E-state index >= 15 is 0 Å². The Kier molecular flexibility index (Phi) is 10.6. The van der Waals surface area contributed by atoms with Crippen LogP contribution in [0.3, 0.4) is 0 Å². The third-order valence-electron chi connectivity index (χ3n) is 7.16. The van der Waals surface area contributed by atoms with E-state index in [-0.39, 0.29) is 30.8 Å². The van der Waals surface area contributed by atoms with Gasteiger partial charge in [0, 0.05) is 44.8 Å². The number of aliphatic hydroxyl groups is 1. The van der Waals surface area contributed by atoms with Gasteiger partial charge in [0.2, 0.25) is 0 Å². The van der Waals surface area contributed by atoms with Crippen molar-refractivity contribution in [3.8, 4) is 5.75 Å². The van der Waals surface area contributed by atoms with Crippen molar-refractivity contribution in [3.05, 3.63) is 69.0 Å². The van der Waals surface area contributed by atoms with Crippen molar-refractivity contribution >= 4 is 27.5 Å². The van der Waals surface area contributed by atoms with Gasteiger partial charge in [-0.15, -0.1) is 0 Å². The summed E-state index contributed by atoms with van der Waals surface area (Å²) in [5.41, 5.74) is -1.28. The number of esters is 1. The summed E-state index contributed by atoms with van der Waals surface area (Å²) in [6.45, 7) is 4.06. The number of aromatic nitrogens is 2. The second kappa shape index (κ2) is 14.2. The molecule has 1 aromatic carbocycles. The molecule has 0 spiro atoms. The van der Waals surface area contributed by atoms with E-state index in [9.17, 15) is 28.6 Å². The lowest BCUT2D eigenvalue weighted by molar-refractivity contribution is -0.141. The summed E-state index contributed by atoms with van der Waals surface area (Å²) in [6, 6.07) is 7.62. The van der Waals surface area contributed by atoms with Gasteiger partial charge in [-0.05, 0) is 25.1 Å². The zero-order valence-electron chi connectivity index (χ0n) is 24.9. The van der Waals surface area contributed by atoms with Crippen molar-refractivity contribution < 1.29 is 42.1 Å². The van der Waals surface area contributed by atoms with Gasteiger partial charge in [0.25, 0.3) is 5.56 Å². The molecule has 0 saturated carbocycles. The van der Waals surface area contributed by atoms with Gasteiger partial charge in [-0.3, -0.25) is 28.2 Å². The van der Waals surface area contributed by atoms with Crippen LogP contribution in [-0.2, 0) is 32.4 Å². The summed E-state index contributed by atoms with van der Waals surface area (Å²) in [5, 5.41) is 13.4. The molecule has 3 saturated heterocycles. The van der Waals surface area contributed by atoms with Crippen molar-refractivity contribution in [1.82, 2.24) is 24.0 Å². The first-order valence-corrected chi connectivity index (χ1v) is 17.5. The first-order valence-electron chi connectivity index (χ1n) is 14.4. The lowest BCUT2D eigenvalue weighted by Crippen LogP contribution is -2.34. The molecule has 18 heteroatoms. The normalized spacial score (nSPS) is 23.9. The molecular formula is C27H37N5O11P2. The van der Waals surface area contributed by atoms with Crippen molar-refractivity contribution in [2.24, 2.45) is 0 Å². The van der Waals surface area contributed by atoms with E-state index in [4.69, 9.17) is 18.3 Å². The Bertz CT molecular complexity index is 1580. The number of aromatic amines is 1. The number of para-hydroxylation sites is 1. The number of carbonyl (C=O) groups excluding carboxylic acids is 1. The highest BCUT2D eigenvalue weighted by atomic mass is 31.2. The van der Waals surface area contributed by atoms with Gasteiger partial charge in [-0.25, -0.2) is 23.8 Å². The van der Waals surface area contributed by atoms with Crippen LogP contribution in [-0.4, -0.2) is 94.7 Å². The summed E-state index contributed by atoms with van der Waals surface area (Å²) in [5.74, 6) is -0.285. The van der Waals surface area contributed by atoms with Crippen LogP contribution in [0.4, 0.5) is 0 Å². The molecule has 5 atom stereocenters. The van der Waals surface area contributed by atoms with Gasteiger partial charge < -0.3 is 23.6 Å². The summed E-state index contributed by atoms with van der Waals surface area (Å²) in [4.78, 5) is 39.1. The van der Waals surface area contributed by atoms with Crippen LogP contribution in [0.25, 0.3) is 6.08 Å². The maximum absolute atomic E-state index is 13.7. The molecule has 0 radical (unpaired) electrons. The molecule has 3 N–H and O–H groups in total. The Balaban J connectivity index is 1.23. The number of nitrogens with zero attached hydrogens (tertiary/aromatic N) is 3. The second-order valence-electron chi connectivity index (χ2n) is 10.8. The van der Waals surface area contributed by atoms with Gasteiger partial charge in [0.05, 0.1) is 38.4 Å². The number of ether oxygens (including phenoxy) is 2. The third kappa shape index (κ3) is 8.67.